The Labute approximate surface area is 226 Å². The number of ether oxygens (including phenoxy) is 4. The maximum atomic E-state index is 13.3. The molecule has 1 unspecified atom stereocenters. The standard InChI is InChI=1S/C26H30O14/c27-8-15-19(32)20(33)21(34)25(39-15)38-14-7-13(31)17(12(30)6-3-10-1-4-11(29)5-2-10)22-18(14)24-26(36,40-22)23(35)16(9-28)37-24/h1-2,4-5,7,15-16,19-21,23-25,27-29,31-36H,3,6,8-9H2/t15-,16-,19-,20+,21-,23+,24?,25-,26-/m1/s1. The summed E-state index contributed by atoms with van der Waals surface area (Å²) in [5.74, 6) is -4.42. The molecule has 0 saturated carbocycles. The Hall–Kier alpha value is -3.05. The van der Waals surface area contributed by atoms with Gasteiger partial charge in [-0.3, -0.25) is 4.79 Å². The number of hydrogen-bond donors (Lipinski definition) is 9. The molecule has 3 aliphatic rings. The zero-order valence-corrected chi connectivity index (χ0v) is 20.9. The van der Waals surface area contributed by atoms with Crippen molar-refractivity contribution in [1.29, 1.82) is 0 Å². The number of aliphatic hydroxyl groups is 7. The van der Waals surface area contributed by atoms with Gasteiger partial charge in [0.25, 0.3) is 5.79 Å². The second kappa shape index (κ2) is 10.7. The number of phenols is 2. The van der Waals surface area contributed by atoms with Crippen molar-refractivity contribution in [2.24, 2.45) is 0 Å². The number of ketones is 1. The Morgan fingerprint density at radius 2 is 1.60 bits per heavy atom. The molecular weight excluding hydrogens is 536 g/mol. The molecule has 0 radical (unpaired) electrons. The quantitative estimate of drug-likeness (QED) is 0.157. The van der Waals surface area contributed by atoms with Crippen LogP contribution in [0.15, 0.2) is 30.3 Å². The molecule has 14 nitrogen and oxygen atoms in total. The van der Waals surface area contributed by atoms with Crippen LogP contribution in [0.3, 0.4) is 0 Å². The van der Waals surface area contributed by atoms with E-state index in [0.717, 1.165) is 6.07 Å². The molecule has 0 spiro atoms. The lowest BCUT2D eigenvalue weighted by molar-refractivity contribution is -0.277. The van der Waals surface area contributed by atoms with Gasteiger partial charge in [0.1, 0.15) is 59.1 Å². The predicted molar refractivity (Wildman–Crippen MR) is 130 cm³/mol. The van der Waals surface area contributed by atoms with Crippen LogP contribution in [0, 0.1) is 0 Å². The number of aliphatic hydroxyl groups excluding tert-OH is 6. The summed E-state index contributed by atoms with van der Waals surface area (Å²) in [6.45, 7) is -1.43. The van der Waals surface area contributed by atoms with Crippen LogP contribution in [0.1, 0.15) is 34.0 Å². The van der Waals surface area contributed by atoms with E-state index < -0.39 is 79.6 Å². The number of aryl methyl sites for hydroxylation is 1. The van der Waals surface area contributed by atoms with E-state index in [1.165, 1.54) is 12.1 Å². The average Bonchev–Trinajstić information content (AvgIpc) is 3.36. The molecule has 9 atom stereocenters. The minimum absolute atomic E-state index is 0.0495. The molecule has 2 saturated heterocycles. The van der Waals surface area contributed by atoms with Crippen molar-refractivity contribution in [1.82, 2.24) is 0 Å². The van der Waals surface area contributed by atoms with Gasteiger partial charge in [0.2, 0.25) is 6.29 Å². The largest absolute Gasteiger partial charge is 0.508 e. The number of rotatable bonds is 8. The summed E-state index contributed by atoms with van der Waals surface area (Å²) in [6, 6.07) is 7.12. The van der Waals surface area contributed by atoms with Gasteiger partial charge in [-0.2, -0.15) is 0 Å². The topological polar surface area (TPSA) is 236 Å². The Morgan fingerprint density at radius 1 is 0.925 bits per heavy atom. The van der Waals surface area contributed by atoms with Crippen LogP contribution >= 0.6 is 0 Å². The molecule has 2 aromatic rings. The molecule has 0 aliphatic carbocycles. The molecule has 2 fully saturated rings. The summed E-state index contributed by atoms with van der Waals surface area (Å²) in [7, 11) is 0. The molecule has 218 valence electrons. The van der Waals surface area contributed by atoms with E-state index in [9.17, 15) is 50.8 Å². The molecule has 5 rings (SSSR count). The second-order valence-corrected chi connectivity index (χ2v) is 9.95. The van der Waals surface area contributed by atoms with Gasteiger partial charge < -0.3 is 64.9 Å². The Kier molecular flexibility index (Phi) is 7.64. The highest BCUT2D eigenvalue weighted by Gasteiger charge is 2.64. The minimum atomic E-state index is -2.50. The summed E-state index contributed by atoms with van der Waals surface area (Å²) in [5, 5.41) is 91.9. The lowest BCUT2D eigenvalue weighted by Crippen LogP contribution is -2.60. The average molecular weight is 567 g/mol. The van der Waals surface area contributed by atoms with Crippen LogP contribution in [0.5, 0.6) is 23.0 Å². The monoisotopic (exact) mass is 566 g/mol. The minimum Gasteiger partial charge on any atom is -0.508 e. The van der Waals surface area contributed by atoms with Crippen LogP contribution in [-0.4, -0.2) is 114 Å². The highest BCUT2D eigenvalue weighted by molar-refractivity contribution is 6.02. The fraction of sp³-hybridized carbons (Fsp3) is 0.500. The molecule has 14 heteroatoms. The zero-order valence-electron chi connectivity index (χ0n) is 20.9. The van der Waals surface area contributed by atoms with Crippen molar-refractivity contribution >= 4 is 5.78 Å². The molecule has 0 amide bonds. The highest BCUT2D eigenvalue weighted by Crippen LogP contribution is 2.58. The van der Waals surface area contributed by atoms with Crippen LogP contribution in [0.4, 0.5) is 0 Å². The van der Waals surface area contributed by atoms with E-state index in [1.54, 1.807) is 12.1 Å². The molecule has 3 aliphatic heterocycles. The normalized spacial score (nSPS) is 34.7. The van der Waals surface area contributed by atoms with Gasteiger partial charge in [0.05, 0.1) is 18.8 Å². The second-order valence-electron chi connectivity index (χ2n) is 9.95. The van der Waals surface area contributed by atoms with Crippen LogP contribution in [0.2, 0.25) is 0 Å². The molecule has 3 heterocycles. The van der Waals surface area contributed by atoms with Gasteiger partial charge in [0.15, 0.2) is 18.0 Å². The van der Waals surface area contributed by atoms with E-state index >= 15 is 0 Å². The van der Waals surface area contributed by atoms with E-state index in [0.29, 0.717) is 5.56 Å². The lowest BCUT2D eigenvalue weighted by atomic mass is 9.95. The van der Waals surface area contributed by atoms with Gasteiger partial charge in [-0.15, -0.1) is 0 Å². The Morgan fingerprint density at radius 3 is 2.25 bits per heavy atom. The number of hydrogen-bond acceptors (Lipinski definition) is 14. The molecule has 2 aromatic carbocycles. The van der Waals surface area contributed by atoms with Crippen LogP contribution in [-0.2, 0) is 15.9 Å². The van der Waals surface area contributed by atoms with Gasteiger partial charge in [-0.1, -0.05) is 12.1 Å². The third-order valence-electron chi connectivity index (χ3n) is 7.38. The first-order valence-corrected chi connectivity index (χ1v) is 12.5. The Bertz CT molecular complexity index is 1250. The van der Waals surface area contributed by atoms with Crippen LogP contribution < -0.4 is 9.47 Å². The van der Waals surface area contributed by atoms with Gasteiger partial charge in [-0.05, 0) is 24.1 Å². The highest BCUT2D eigenvalue weighted by atomic mass is 16.7. The number of Topliss-reactive ketones (excluding diaryl/α,β-unsaturated/α-hetero) is 1. The fourth-order valence-electron chi connectivity index (χ4n) is 5.16. The van der Waals surface area contributed by atoms with Crippen molar-refractivity contribution in [2.45, 2.75) is 67.6 Å². The third kappa shape index (κ3) is 4.66. The number of carbonyl (C=O) groups is 1. The number of aromatic hydroxyl groups is 2. The van der Waals surface area contributed by atoms with Crippen molar-refractivity contribution in [3.8, 4) is 23.0 Å². The van der Waals surface area contributed by atoms with E-state index in [2.05, 4.69) is 0 Å². The van der Waals surface area contributed by atoms with Crippen molar-refractivity contribution in [3.63, 3.8) is 0 Å². The van der Waals surface area contributed by atoms with Gasteiger partial charge in [-0.25, -0.2) is 0 Å². The third-order valence-corrected chi connectivity index (χ3v) is 7.38. The van der Waals surface area contributed by atoms with Crippen molar-refractivity contribution < 1.29 is 69.7 Å². The van der Waals surface area contributed by atoms with Gasteiger partial charge in [0, 0.05) is 12.5 Å². The van der Waals surface area contributed by atoms with E-state index in [1.807, 2.05) is 0 Å². The predicted octanol–water partition coefficient (Wildman–Crippen LogP) is -2.03. The smallest absolute Gasteiger partial charge is 0.267 e. The number of fused-ring (bicyclic) bond motifs is 3. The lowest BCUT2D eigenvalue weighted by Gasteiger charge is -2.39. The number of carbonyl (C=O) groups excluding carboxylic acids is 1. The maximum Gasteiger partial charge on any atom is 0.267 e. The molecule has 0 bridgehead atoms. The summed E-state index contributed by atoms with van der Waals surface area (Å²) < 4.78 is 22.4. The first kappa shape index (κ1) is 28.5. The summed E-state index contributed by atoms with van der Waals surface area (Å²) in [4.78, 5) is 13.3. The molecule has 9 N–H and O–H groups in total. The van der Waals surface area contributed by atoms with E-state index in [4.69, 9.17) is 18.9 Å². The van der Waals surface area contributed by atoms with Gasteiger partial charge >= 0.3 is 0 Å². The van der Waals surface area contributed by atoms with Crippen molar-refractivity contribution in [2.75, 3.05) is 13.2 Å². The van der Waals surface area contributed by atoms with Crippen LogP contribution in [0.25, 0.3) is 0 Å². The first-order valence-electron chi connectivity index (χ1n) is 12.5. The maximum absolute atomic E-state index is 13.3. The zero-order chi connectivity index (χ0) is 28.9. The molecule has 40 heavy (non-hydrogen) atoms. The summed E-state index contributed by atoms with van der Waals surface area (Å²) >= 11 is 0. The summed E-state index contributed by atoms with van der Waals surface area (Å²) in [6.07, 6.45) is -12.8. The summed E-state index contributed by atoms with van der Waals surface area (Å²) in [5.41, 5.74) is 0.208. The molecule has 0 aromatic heterocycles. The first-order chi connectivity index (χ1) is 19.0. The van der Waals surface area contributed by atoms with Crippen molar-refractivity contribution in [3.05, 3.63) is 47.0 Å². The SMILES string of the molecule is O=C(CCc1ccc(O)cc1)c1c(O)cc(O[C@@H]2O[C@H](CO)[C@@H](O)[C@H](O)[C@H]2O)c2c1O[C@@]1(O)C2O[C@H](CO)[C@@H]1O. The number of benzene rings is 2. The molecular formula is C26H30O14. The Balaban J connectivity index is 1.52. The van der Waals surface area contributed by atoms with E-state index in [-0.39, 0.29) is 41.2 Å². The fourth-order valence-corrected chi connectivity index (χ4v) is 5.16. The number of phenolic OH excluding ortho intramolecular Hbond substituents is 2.